The zero-order valence-corrected chi connectivity index (χ0v) is 12.3. The maximum absolute atomic E-state index is 12.3. The molecule has 0 unspecified atom stereocenters. The van der Waals surface area contributed by atoms with Crippen molar-refractivity contribution in [1.29, 1.82) is 0 Å². The average molecular weight is 289 g/mol. The van der Waals surface area contributed by atoms with E-state index in [2.05, 4.69) is 34.5 Å². The number of morpholine rings is 1. The fourth-order valence-corrected chi connectivity index (χ4v) is 2.99. The van der Waals surface area contributed by atoms with Crippen molar-refractivity contribution in [3.63, 3.8) is 0 Å². The van der Waals surface area contributed by atoms with Gasteiger partial charge in [0.15, 0.2) is 0 Å². The third-order valence-corrected chi connectivity index (χ3v) is 4.16. The number of hydrogen-bond acceptors (Lipinski definition) is 4. The number of carbonyl (C=O) groups is 1. The topological polar surface area (TPSA) is 44.8 Å². The van der Waals surface area contributed by atoms with Crippen LogP contribution in [0.4, 0.5) is 5.69 Å². The minimum absolute atomic E-state index is 0.231. The number of nitrogens with zero attached hydrogens (tertiary/aromatic N) is 2. The highest BCUT2D eigenvalue weighted by Crippen LogP contribution is 2.16. The van der Waals surface area contributed by atoms with E-state index < -0.39 is 0 Å². The van der Waals surface area contributed by atoms with Gasteiger partial charge in [-0.3, -0.25) is 4.79 Å². The predicted octanol–water partition coefficient (Wildman–Crippen LogP) is 0.714. The van der Waals surface area contributed by atoms with Crippen LogP contribution in [0, 0.1) is 0 Å². The normalized spacial score (nSPS) is 23.1. The van der Waals surface area contributed by atoms with Crippen LogP contribution in [0.1, 0.15) is 6.42 Å². The molecule has 0 bridgehead atoms. The van der Waals surface area contributed by atoms with Gasteiger partial charge in [-0.1, -0.05) is 18.2 Å². The minimum Gasteiger partial charge on any atom is -0.378 e. The molecule has 0 saturated carbocycles. The highest BCUT2D eigenvalue weighted by Gasteiger charge is 2.25. The molecule has 5 heteroatoms. The Morgan fingerprint density at radius 1 is 1.19 bits per heavy atom. The molecule has 1 atom stereocenters. The fourth-order valence-electron chi connectivity index (χ4n) is 2.99. The summed E-state index contributed by atoms with van der Waals surface area (Å²) in [5.41, 5.74) is 1.24. The Morgan fingerprint density at radius 2 is 1.95 bits per heavy atom. The van der Waals surface area contributed by atoms with Gasteiger partial charge in [-0.05, 0) is 12.1 Å². The van der Waals surface area contributed by atoms with Crippen molar-refractivity contribution in [3.05, 3.63) is 30.3 Å². The summed E-state index contributed by atoms with van der Waals surface area (Å²) in [5, 5.41) is 3.47. The molecule has 0 aliphatic carbocycles. The van der Waals surface area contributed by atoms with Gasteiger partial charge in [-0.25, -0.2) is 0 Å². The number of ether oxygens (including phenoxy) is 1. The lowest BCUT2D eigenvalue weighted by atomic mass is 10.1. The molecular weight excluding hydrogens is 266 g/mol. The third kappa shape index (κ3) is 3.74. The third-order valence-electron chi connectivity index (χ3n) is 4.16. The Balaban J connectivity index is 1.55. The van der Waals surface area contributed by atoms with Crippen molar-refractivity contribution in [2.24, 2.45) is 0 Å². The number of hydrogen-bond donors (Lipinski definition) is 1. The molecule has 1 amide bonds. The molecule has 1 aromatic rings. The van der Waals surface area contributed by atoms with Gasteiger partial charge in [0.1, 0.15) is 0 Å². The molecule has 5 nitrogen and oxygen atoms in total. The number of carbonyl (C=O) groups excluding carboxylic acids is 1. The quantitative estimate of drug-likeness (QED) is 0.890. The molecule has 1 aromatic carbocycles. The van der Waals surface area contributed by atoms with Crippen molar-refractivity contribution in [2.45, 2.75) is 12.5 Å². The van der Waals surface area contributed by atoms with Gasteiger partial charge in [-0.2, -0.15) is 0 Å². The average Bonchev–Trinajstić information content (AvgIpc) is 2.57. The lowest BCUT2D eigenvalue weighted by Gasteiger charge is -2.36. The number of para-hydroxylation sites is 1. The second-order valence-corrected chi connectivity index (χ2v) is 5.63. The van der Waals surface area contributed by atoms with Gasteiger partial charge in [0.2, 0.25) is 5.91 Å². The van der Waals surface area contributed by atoms with Gasteiger partial charge in [0, 0.05) is 50.9 Å². The van der Waals surface area contributed by atoms with E-state index in [4.69, 9.17) is 4.74 Å². The molecule has 0 spiro atoms. The van der Waals surface area contributed by atoms with Gasteiger partial charge < -0.3 is 19.9 Å². The Morgan fingerprint density at radius 3 is 2.71 bits per heavy atom. The van der Waals surface area contributed by atoms with Crippen LogP contribution in [-0.2, 0) is 9.53 Å². The van der Waals surface area contributed by atoms with Crippen LogP contribution in [0.3, 0.4) is 0 Å². The predicted molar refractivity (Wildman–Crippen MR) is 82.5 cm³/mol. The first kappa shape index (κ1) is 14.4. The molecule has 2 aliphatic rings. The van der Waals surface area contributed by atoms with Gasteiger partial charge in [0.05, 0.1) is 13.2 Å². The number of nitrogens with one attached hydrogen (secondary N) is 1. The molecule has 21 heavy (non-hydrogen) atoms. The van der Waals surface area contributed by atoms with Gasteiger partial charge in [0.25, 0.3) is 0 Å². The van der Waals surface area contributed by atoms with E-state index in [0.717, 1.165) is 32.7 Å². The summed E-state index contributed by atoms with van der Waals surface area (Å²) >= 11 is 0. The number of anilines is 1. The smallest absolute Gasteiger partial charge is 0.224 e. The van der Waals surface area contributed by atoms with E-state index in [1.165, 1.54) is 5.69 Å². The van der Waals surface area contributed by atoms with Crippen molar-refractivity contribution in [3.8, 4) is 0 Å². The van der Waals surface area contributed by atoms with Crippen LogP contribution in [0.25, 0.3) is 0 Å². The summed E-state index contributed by atoms with van der Waals surface area (Å²) in [4.78, 5) is 16.6. The van der Waals surface area contributed by atoms with E-state index >= 15 is 0 Å². The first-order valence-corrected chi connectivity index (χ1v) is 7.72. The summed E-state index contributed by atoms with van der Waals surface area (Å²) in [6, 6.07) is 10.6. The first-order chi connectivity index (χ1) is 10.3. The number of benzene rings is 1. The first-order valence-electron chi connectivity index (χ1n) is 7.72. The molecular formula is C16H23N3O2. The van der Waals surface area contributed by atoms with Crippen LogP contribution in [0.5, 0.6) is 0 Å². The van der Waals surface area contributed by atoms with Crippen LogP contribution in [-0.4, -0.2) is 62.8 Å². The molecule has 0 aromatic heterocycles. The zero-order chi connectivity index (χ0) is 14.5. The van der Waals surface area contributed by atoms with Crippen molar-refractivity contribution >= 4 is 11.6 Å². The van der Waals surface area contributed by atoms with Crippen molar-refractivity contribution in [1.82, 2.24) is 10.2 Å². The van der Waals surface area contributed by atoms with Crippen LogP contribution < -0.4 is 10.2 Å². The largest absolute Gasteiger partial charge is 0.378 e. The van der Waals surface area contributed by atoms with Gasteiger partial charge >= 0.3 is 0 Å². The number of piperazine rings is 1. The fraction of sp³-hybridized carbons (Fsp3) is 0.562. The summed E-state index contributed by atoms with van der Waals surface area (Å²) in [7, 11) is 0. The summed E-state index contributed by atoms with van der Waals surface area (Å²) in [5.74, 6) is 0.241. The lowest BCUT2D eigenvalue weighted by molar-refractivity contribution is -0.135. The Labute approximate surface area is 125 Å². The van der Waals surface area contributed by atoms with Crippen LogP contribution in [0.2, 0.25) is 0 Å². The van der Waals surface area contributed by atoms with E-state index in [0.29, 0.717) is 19.6 Å². The minimum atomic E-state index is 0.231. The number of amides is 1. The molecule has 1 N–H and O–H groups in total. The molecule has 2 heterocycles. The Bertz CT molecular complexity index is 460. The highest BCUT2D eigenvalue weighted by molar-refractivity contribution is 5.77. The maximum atomic E-state index is 12.3. The van der Waals surface area contributed by atoms with E-state index in [1.54, 1.807) is 0 Å². The maximum Gasteiger partial charge on any atom is 0.224 e. The number of rotatable bonds is 3. The van der Waals surface area contributed by atoms with E-state index in [9.17, 15) is 4.79 Å². The highest BCUT2D eigenvalue weighted by atomic mass is 16.5. The summed E-state index contributed by atoms with van der Waals surface area (Å²) < 4.78 is 5.30. The molecule has 2 fully saturated rings. The van der Waals surface area contributed by atoms with Crippen molar-refractivity contribution < 1.29 is 9.53 Å². The SMILES string of the molecule is O=C(C[C@@H]1CN(c2ccccc2)CCN1)N1CCOCC1. The van der Waals surface area contributed by atoms with E-state index in [-0.39, 0.29) is 11.9 Å². The molecule has 0 radical (unpaired) electrons. The van der Waals surface area contributed by atoms with Crippen LogP contribution in [0.15, 0.2) is 30.3 Å². The van der Waals surface area contributed by atoms with E-state index in [1.807, 2.05) is 11.0 Å². The lowest BCUT2D eigenvalue weighted by Crippen LogP contribution is -2.53. The molecule has 2 saturated heterocycles. The standard InChI is InChI=1S/C16H23N3O2/c20-16(18-8-10-21-11-9-18)12-14-13-19(7-6-17-14)15-4-2-1-3-5-15/h1-5,14,17H,6-13H2/t14-/m1/s1. The van der Waals surface area contributed by atoms with Crippen LogP contribution >= 0.6 is 0 Å². The Kier molecular flexibility index (Phi) is 4.72. The summed E-state index contributed by atoms with van der Waals surface area (Å²) in [6.07, 6.45) is 0.573. The van der Waals surface area contributed by atoms with Crippen molar-refractivity contribution in [2.75, 3.05) is 50.8 Å². The zero-order valence-electron chi connectivity index (χ0n) is 12.3. The Hall–Kier alpha value is -1.59. The molecule has 2 aliphatic heterocycles. The second kappa shape index (κ2) is 6.91. The monoisotopic (exact) mass is 289 g/mol. The molecule has 114 valence electrons. The van der Waals surface area contributed by atoms with Gasteiger partial charge in [-0.15, -0.1) is 0 Å². The summed E-state index contributed by atoms with van der Waals surface area (Å²) in [6.45, 7) is 5.60. The molecule has 3 rings (SSSR count). The second-order valence-electron chi connectivity index (χ2n) is 5.63.